The number of hydrogen-bond acceptors (Lipinski definition) is 3. The highest BCUT2D eigenvalue weighted by Crippen LogP contribution is 2.12. The highest BCUT2D eigenvalue weighted by Gasteiger charge is 2.14. The van der Waals surface area contributed by atoms with Crippen LogP contribution in [0.4, 0.5) is 0 Å². The Morgan fingerprint density at radius 2 is 2.07 bits per heavy atom. The monoisotopic (exact) mass is 212 g/mol. The van der Waals surface area contributed by atoms with E-state index >= 15 is 0 Å². The summed E-state index contributed by atoms with van der Waals surface area (Å²) < 4.78 is 5.46. The molecule has 88 valence electrons. The van der Waals surface area contributed by atoms with Gasteiger partial charge in [0.2, 0.25) is 0 Å². The summed E-state index contributed by atoms with van der Waals surface area (Å²) in [5, 5.41) is 3.56. The van der Waals surface area contributed by atoms with Gasteiger partial charge in [-0.2, -0.15) is 0 Å². The molecule has 3 nitrogen and oxygen atoms in total. The summed E-state index contributed by atoms with van der Waals surface area (Å²) in [5.41, 5.74) is 0. The van der Waals surface area contributed by atoms with Gasteiger partial charge in [-0.1, -0.05) is 0 Å². The first-order valence-corrected chi connectivity index (χ1v) is 6.46. The maximum atomic E-state index is 5.46. The predicted octanol–water partition coefficient (Wildman–Crippen LogP) is 1.10. The van der Waals surface area contributed by atoms with Crippen molar-refractivity contribution in [2.45, 2.75) is 25.7 Å². The van der Waals surface area contributed by atoms with Crippen LogP contribution in [0.2, 0.25) is 0 Å². The lowest BCUT2D eigenvalue weighted by Gasteiger charge is -2.23. The highest BCUT2D eigenvalue weighted by atomic mass is 16.5. The van der Waals surface area contributed by atoms with E-state index in [0.29, 0.717) is 0 Å². The van der Waals surface area contributed by atoms with Crippen LogP contribution in [-0.4, -0.2) is 50.8 Å². The molecular weight excluding hydrogens is 188 g/mol. The maximum absolute atomic E-state index is 5.46. The van der Waals surface area contributed by atoms with E-state index < -0.39 is 0 Å². The molecule has 2 fully saturated rings. The minimum absolute atomic E-state index is 0.761. The van der Waals surface area contributed by atoms with Gasteiger partial charge in [-0.25, -0.2) is 0 Å². The van der Waals surface area contributed by atoms with Gasteiger partial charge in [0.05, 0.1) is 6.61 Å². The number of nitrogens with one attached hydrogen (secondary N) is 1. The Bertz CT molecular complexity index is 163. The van der Waals surface area contributed by atoms with Gasteiger partial charge in [-0.3, -0.25) is 0 Å². The summed E-state index contributed by atoms with van der Waals surface area (Å²) in [7, 11) is 0. The van der Waals surface area contributed by atoms with Crippen molar-refractivity contribution in [1.29, 1.82) is 0 Å². The second kappa shape index (κ2) is 6.46. The molecule has 0 aromatic rings. The Morgan fingerprint density at radius 3 is 2.80 bits per heavy atom. The topological polar surface area (TPSA) is 24.5 Å². The van der Waals surface area contributed by atoms with Crippen LogP contribution in [0.1, 0.15) is 25.7 Å². The van der Waals surface area contributed by atoms with Crippen molar-refractivity contribution >= 4 is 0 Å². The SMILES string of the molecule is C1COCC(CNCCN2CCCC2)C1. The van der Waals surface area contributed by atoms with Gasteiger partial charge in [-0.15, -0.1) is 0 Å². The van der Waals surface area contributed by atoms with Gasteiger partial charge in [0.15, 0.2) is 0 Å². The predicted molar refractivity (Wildman–Crippen MR) is 62.1 cm³/mol. The quantitative estimate of drug-likeness (QED) is 0.691. The molecule has 1 N–H and O–H groups in total. The van der Waals surface area contributed by atoms with Crippen molar-refractivity contribution < 1.29 is 4.74 Å². The normalized spacial score (nSPS) is 28.4. The second-order valence-electron chi connectivity index (χ2n) is 4.84. The summed E-state index contributed by atoms with van der Waals surface area (Å²) in [5.74, 6) is 0.761. The average molecular weight is 212 g/mol. The smallest absolute Gasteiger partial charge is 0.0506 e. The molecule has 0 aliphatic carbocycles. The Kier molecular flexibility index (Phi) is 4.90. The van der Waals surface area contributed by atoms with E-state index in [9.17, 15) is 0 Å². The Morgan fingerprint density at radius 1 is 1.20 bits per heavy atom. The molecule has 3 heteroatoms. The fourth-order valence-electron chi connectivity index (χ4n) is 2.52. The summed E-state index contributed by atoms with van der Waals surface area (Å²) in [6.45, 7) is 8.10. The van der Waals surface area contributed by atoms with Crippen LogP contribution in [0.5, 0.6) is 0 Å². The second-order valence-corrected chi connectivity index (χ2v) is 4.84. The van der Waals surface area contributed by atoms with Gasteiger partial charge >= 0.3 is 0 Å². The van der Waals surface area contributed by atoms with E-state index in [1.54, 1.807) is 0 Å². The van der Waals surface area contributed by atoms with Crippen LogP contribution in [0.25, 0.3) is 0 Å². The van der Waals surface area contributed by atoms with E-state index in [0.717, 1.165) is 32.2 Å². The molecule has 0 radical (unpaired) electrons. The molecule has 2 rings (SSSR count). The average Bonchev–Trinajstić information content (AvgIpc) is 2.79. The van der Waals surface area contributed by atoms with E-state index in [4.69, 9.17) is 4.74 Å². The zero-order chi connectivity index (χ0) is 10.3. The highest BCUT2D eigenvalue weighted by molar-refractivity contribution is 4.69. The fourth-order valence-corrected chi connectivity index (χ4v) is 2.52. The first-order chi connectivity index (χ1) is 7.45. The summed E-state index contributed by atoms with van der Waals surface area (Å²) in [6.07, 6.45) is 5.39. The van der Waals surface area contributed by atoms with Crippen LogP contribution in [0, 0.1) is 5.92 Å². The first-order valence-electron chi connectivity index (χ1n) is 6.46. The number of likely N-dealkylation sites (tertiary alicyclic amines) is 1. The first kappa shape index (κ1) is 11.4. The van der Waals surface area contributed by atoms with E-state index in [-0.39, 0.29) is 0 Å². The molecule has 0 aromatic carbocycles. The molecule has 0 bridgehead atoms. The fraction of sp³-hybridized carbons (Fsp3) is 1.00. The zero-order valence-corrected chi connectivity index (χ0v) is 9.71. The van der Waals surface area contributed by atoms with Crippen molar-refractivity contribution in [1.82, 2.24) is 10.2 Å². The Balaban J connectivity index is 1.47. The van der Waals surface area contributed by atoms with E-state index in [1.807, 2.05) is 0 Å². The van der Waals surface area contributed by atoms with Crippen molar-refractivity contribution in [2.24, 2.45) is 5.92 Å². The van der Waals surface area contributed by atoms with Crippen molar-refractivity contribution in [3.05, 3.63) is 0 Å². The lowest BCUT2D eigenvalue weighted by atomic mass is 10.0. The van der Waals surface area contributed by atoms with Gasteiger partial charge in [0.25, 0.3) is 0 Å². The molecule has 0 amide bonds. The molecule has 0 spiro atoms. The van der Waals surface area contributed by atoms with Gasteiger partial charge < -0.3 is 15.0 Å². The Labute approximate surface area is 93.2 Å². The lowest BCUT2D eigenvalue weighted by molar-refractivity contribution is 0.0547. The molecule has 2 aliphatic heterocycles. The Hall–Kier alpha value is -0.120. The van der Waals surface area contributed by atoms with Crippen molar-refractivity contribution in [3.8, 4) is 0 Å². The number of nitrogens with zero attached hydrogens (tertiary/aromatic N) is 1. The zero-order valence-electron chi connectivity index (χ0n) is 9.71. The van der Waals surface area contributed by atoms with Gasteiger partial charge in [0.1, 0.15) is 0 Å². The number of ether oxygens (including phenoxy) is 1. The molecule has 2 saturated heterocycles. The van der Waals surface area contributed by atoms with E-state index in [1.165, 1.54) is 45.3 Å². The third kappa shape index (κ3) is 4.09. The third-order valence-corrected chi connectivity index (χ3v) is 3.49. The molecule has 0 aromatic heterocycles. The van der Waals surface area contributed by atoms with Crippen LogP contribution < -0.4 is 5.32 Å². The largest absolute Gasteiger partial charge is 0.381 e. The van der Waals surface area contributed by atoms with Gasteiger partial charge in [-0.05, 0) is 44.7 Å². The molecule has 1 atom stereocenters. The minimum Gasteiger partial charge on any atom is -0.381 e. The summed E-state index contributed by atoms with van der Waals surface area (Å²) >= 11 is 0. The standard InChI is InChI=1S/C12H24N2O/c1-2-7-14(6-1)8-5-13-10-12-4-3-9-15-11-12/h12-13H,1-11H2. The third-order valence-electron chi connectivity index (χ3n) is 3.49. The van der Waals surface area contributed by atoms with Crippen LogP contribution >= 0.6 is 0 Å². The molecule has 0 saturated carbocycles. The summed E-state index contributed by atoms with van der Waals surface area (Å²) in [6, 6.07) is 0. The van der Waals surface area contributed by atoms with Gasteiger partial charge in [0, 0.05) is 26.2 Å². The van der Waals surface area contributed by atoms with Crippen LogP contribution in [-0.2, 0) is 4.74 Å². The van der Waals surface area contributed by atoms with Crippen LogP contribution in [0.15, 0.2) is 0 Å². The number of rotatable bonds is 5. The molecule has 2 heterocycles. The van der Waals surface area contributed by atoms with E-state index in [2.05, 4.69) is 10.2 Å². The molecule has 2 aliphatic rings. The molecule has 1 unspecified atom stereocenters. The summed E-state index contributed by atoms with van der Waals surface area (Å²) in [4.78, 5) is 2.56. The number of hydrogen-bond donors (Lipinski definition) is 1. The minimum atomic E-state index is 0.761. The van der Waals surface area contributed by atoms with Crippen molar-refractivity contribution in [2.75, 3.05) is 45.9 Å². The molecular formula is C12H24N2O. The lowest BCUT2D eigenvalue weighted by Crippen LogP contribution is -2.34. The van der Waals surface area contributed by atoms with Crippen LogP contribution in [0.3, 0.4) is 0 Å². The maximum Gasteiger partial charge on any atom is 0.0506 e. The van der Waals surface area contributed by atoms with Crippen molar-refractivity contribution in [3.63, 3.8) is 0 Å². The molecule has 15 heavy (non-hydrogen) atoms.